The van der Waals surface area contributed by atoms with E-state index in [-0.39, 0.29) is 29.5 Å². The molecule has 0 spiro atoms. The SMILES string of the molecule is Cn1c(=O)n(C2CCC(=O)NC2=O)c2cccc(CCN3CCN(c4ccc(Cl)c(C(F)(F)F)c4)CC3)c21. The summed E-state index contributed by atoms with van der Waals surface area (Å²) >= 11 is 5.76. The number of nitrogens with one attached hydrogen (secondary N) is 1. The molecular weight excluding hydrogens is 523 g/mol. The summed E-state index contributed by atoms with van der Waals surface area (Å²) in [7, 11) is 1.68. The molecule has 1 unspecified atom stereocenters. The number of anilines is 1. The standard InChI is InChI=1S/C26H27ClF3N5O3/c1-32-23-16(3-2-4-20(23)35(25(32)38)21-7-8-22(36)31-24(21)37)9-10-33-11-13-34(14-12-33)17-5-6-19(27)18(15-17)26(28,29)30/h2-6,15,21H,7-14H2,1H3,(H,31,36,37). The van der Waals surface area contributed by atoms with Crippen LogP contribution in [0.5, 0.6) is 0 Å². The number of aryl methyl sites for hydroxylation is 1. The van der Waals surface area contributed by atoms with Crippen LogP contribution in [0.2, 0.25) is 5.02 Å². The maximum absolute atomic E-state index is 13.3. The van der Waals surface area contributed by atoms with E-state index in [0.717, 1.165) is 17.1 Å². The first kappa shape index (κ1) is 26.3. The summed E-state index contributed by atoms with van der Waals surface area (Å²) in [6.45, 7) is 3.21. The zero-order chi connectivity index (χ0) is 27.2. The van der Waals surface area contributed by atoms with E-state index in [1.807, 2.05) is 23.1 Å². The minimum absolute atomic E-state index is 0.179. The van der Waals surface area contributed by atoms with Gasteiger partial charge in [-0.2, -0.15) is 13.2 Å². The van der Waals surface area contributed by atoms with E-state index >= 15 is 0 Å². The second kappa shape index (κ2) is 10.1. The summed E-state index contributed by atoms with van der Waals surface area (Å²) in [4.78, 5) is 41.3. The van der Waals surface area contributed by atoms with Crippen LogP contribution in [0.4, 0.5) is 18.9 Å². The maximum atomic E-state index is 13.3. The Balaban J connectivity index is 1.28. The number of amides is 2. The number of hydrogen-bond acceptors (Lipinski definition) is 5. The van der Waals surface area contributed by atoms with Crippen molar-refractivity contribution in [3.8, 4) is 0 Å². The molecule has 1 N–H and O–H groups in total. The van der Waals surface area contributed by atoms with Crippen LogP contribution in [-0.2, 0) is 29.2 Å². The minimum Gasteiger partial charge on any atom is -0.369 e. The third-order valence-electron chi connectivity index (χ3n) is 7.40. The van der Waals surface area contributed by atoms with Crippen molar-refractivity contribution in [2.45, 2.75) is 31.5 Å². The molecule has 1 aromatic heterocycles. The van der Waals surface area contributed by atoms with Crippen LogP contribution < -0.4 is 15.9 Å². The van der Waals surface area contributed by atoms with Gasteiger partial charge in [-0.05, 0) is 42.7 Å². The van der Waals surface area contributed by atoms with Crippen LogP contribution >= 0.6 is 11.6 Å². The van der Waals surface area contributed by atoms with Crippen molar-refractivity contribution in [3.05, 3.63) is 63.0 Å². The van der Waals surface area contributed by atoms with Crippen molar-refractivity contribution >= 4 is 40.1 Å². The monoisotopic (exact) mass is 549 g/mol. The largest absolute Gasteiger partial charge is 0.417 e. The lowest BCUT2D eigenvalue weighted by molar-refractivity contribution is -0.138. The van der Waals surface area contributed by atoms with Gasteiger partial charge >= 0.3 is 11.9 Å². The third kappa shape index (κ3) is 4.92. The lowest BCUT2D eigenvalue weighted by Gasteiger charge is -2.36. The molecule has 2 aromatic carbocycles. The van der Waals surface area contributed by atoms with Crippen molar-refractivity contribution in [2.75, 3.05) is 37.6 Å². The Morgan fingerprint density at radius 1 is 1.05 bits per heavy atom. The van der Waals surface area contributed by atoms with Gasteiger partial charge in [0.2, 0.25) is 11.8 Å². The molecule has 2 amide bonds. The van der Waals surface area contributed by atoms with Crippen LogP contribution in [0.1, 0.15) is 30.0 Å². The summed E-state index contributed by atoms with van der Waals surface area (Å²) in [6.07, 6.45) is -3.40. The van der Waals surface area contributed by atoms with Crippen LogP contribution in [-0.4, -0.2) is 58.6 Å². The first-order chi connectivity index (χ1) is 18.0. The number of nitrogens with zero attached hydrogens (tertiary/aromatic N) is 4. The van der Waals surface area contributed by atoms with Gasteiger partial charge in [0.1, 0.15) is 6.04 Å². The van der Waals surface area contributed by atoms with E-state index in [9.17, 15) is 27.6 Å². The zero-order valence-electron chi connectivity index (χ0n) is 20.7. The van der Waals surface area contributed by atoms with Crippen LogP contribution in [0.3, 0.4) is 0 Å². The number of halogens is 4. The molecule has 3 aromatic rings. The van der Waals surface area contributed by atoms with Gasteiger partial charge in [0.25, 0.3) is 0 Å². The number of piperidine rings is 1. The van der Waals surface area contributed by atoms with Gasteiger partial charge in [0.15, 0.2) is 0 Å². The number of alkyl halides is 3. The summed E-state index contributed by atoms with van der Waals surface area (Å²) in [6, 6.07) is 8.89. The molecule has 12 heteroatoms. The number of piperazine rings is 1. The van der Waals surface area contributed by atoms with Crippen molar-refractivity contribution in [2.24, 2.45) is 7.05 Å². The normalized spacial score (nSPS) is 19.3. The second-order valence-electron chi connectivity index (χ2n) is 9.70. The van der Waals surface area contributed by atoms with Crippen molar-refractivity contribution in [1.82, 2.24) is 19.4 Å². The van der Waals surface area contributed by atoms with Gasteiger partial charge in [-0.15, -0.1) is 0 Å². The number of aromatic nitrogens is 2. The Bertz CT molecular complexity index is 1460. The fourth-order valence-electron chi connectivity index (χ4n) is 5.39. The lowest BCUT2D eigenvalue weighted by Crippen LogP contribution is -2.47. The summed E-state index contributed by atoms with van der Waals surface area (Å²) in [5, 5.41) is 2.01. The number of rotatable bonds is 5. The Hall–Kier alpha value is -3.31. The molecule has 0 aliphatic carbocycles. The van der Waals surface area contributed by atoms with Gasteiger partial charge in [0.05, 0.1) is 21.6 Å². The second-order valence-corrected chi connectivity index (χ2v) is 10.1. The van der Waals surface area contributed by atoms with Crippen molar-refractivity contribution in [1.29, 1.82) is 0 Å². The highest BCUT2D eigenvalue weighted by atomic mass is 35.5. The van der Waals surface area contributed by atoms with Crippen LogP contribution in [0.25, 0.3) is 11.0 Å². The number of fused-ring (bicyclic) bond motifs is 1. The molecule has 1 atom stereocenters. The fourth-order valence-corrected chi connectivity index (χ4v) is 5.61. The quantitative estimate of drug-likeness (QED) is 0.494. The van der Waals surface area contributed by atoms with E-state index < -0.39 is 23.7 Å². The van der Waals surface area contributed by atoms with Crippen LogP contribution in [0.15, 0.2) is 41.2 Å². The first-order valence-electron chi connectivity index (χ1n) is 12.4. The summed E-state index contributed by atoms with van der Waals surface area (Å²) in [5.41, 5.74) is 1.72. The van der Waals surface area contributed by atoms with Gasteiger partial charge in [-0.25, -0.2) is 4.79 Å². The van der Waals surface area contributed by atoms with E-state index in [1.165, 1.54) is 10.6 Å². The minimum atomic E-state index is -4.51. The number of benzene rings is 2. The molecule has 5 rings (SSSR count). The Kier molecular flexibility index (Phi) is 6.99. The maximum Gasteiger partial charge on any atom is 0.417 e. The topological polar surface area (TPSA) is 79.6 Å². The molecule has 0 radical (unpaired) electrons. The van der Waals surface area contributed by atoms with E-state index in [2.05, 4.69) is 10.2 Å². The molecule has 2 aliphatic rings. The van der Waals surface area contributed by atoms with E-state index in [0.29, 0.717) is 50.3 Å². The van der Waals surface area contributed by atoms with Crippen molar-refractivity contribution < 1.29 is 22.8 Å². The van der Waals surface area contributed by atoms with Gasteiger partial charge < -0.3 is 4.90 Å². The number of imide groups is 1. The molecule has 8 nitrogen and oxygen atoms in total. The molecule has 202 valence electrons. The van der Waals surface area contributed by atoms with Gasteiger partial charge in [-0.1, -0.05) is 23.7 Å². The lowest BCUT2D eigenvalue weighted by atomic mass is 10.0. The number of carbonyl (C=O) groups is 2. The molecule has 2 aliphatic heterocycles. The first-order valence-corrected chi connectivity index (χ1v) is 12.8. The highest BCUT2D eigenvalue weighted by Crippen LogP contribution is 2.37. The van der Waals surface area contributed by atoms with Gasteiger partial charge in [0, 0.05) is 51.9 Å². The molecule has 2 saturated heterocycles. The molecule has 0 bridgehead atoms. The number of hydrogen-bond donors (Lipinski definition) is 1. The summed E-state index contributed by atoms with van der Waals surface area (Å²) in [5.74, 6) is -0.806. The van der Waals surface area contributed by atoms with Crippen molar-refractivity contribution in [3.63, 3.8) is 0 Å². The molecule has 0 saturated carbocycles. The van der Waals surface area contributed by atoms with Gasteiger partial charge in [-0.3, -0.25) is 28.9 Å². The molecular formula is C26H27ClF3N5O3. The Morgan fingerprint density at radius 2 is 1.79 bits per heavy atom. The number of para-hydroxylation sites is 1. The zero-order valence-corrected chi connectivity index (χ0v) is 21.5. The average Bonchev–Trinajstić information content (AvgIpc) is 3.13. The van der Waals surface area contributed by atoms with E-state index in [1.54, 1.807) is 17.7 Å². The highest BCUT2D eigenvalue weighted by Gasteiger charge is 2.34. The predicted molar refractivity (Wildman–Crippen MR) is 137 cm³/mol. The Morgan fingerprint density at radius 3 is 2.47 bits per heavy atom. The number of imidazole rings is 1. The Labute approximate surface area is 221 Å². The third-order valence-corrected chi connectivity index (χ3v) is 7.73. The molecule has 2 fully saturated rings. The molecule has 38 heavy (non-hydrogen) atoms. The predicted octanol–water partition coefficient (Wildman–Crippen LogP) is 3.35. The highest BCUT2D eigenvalue weighted by molar-refractivity contribution is 6.31. The molecule has 3 heterocycles. The fraction of sp³-hybridized carbons (Fsp3) is 0.423. The number of carbonyl (C=O) groups excluding carboxylic acids is 2. The summed E-state index contributed by atoms with van der Waals surface area (Å²) < 4.78 is 42.8. The van der Waals surface area contributed by atoms with Crippen LogP contribution in [0, 0.1) is 0 Å². The average molecular weight is 550 g/mol. The van der Waals surface area contributed by atoms with E-state index in [4.69, 9.17) is 11.6 Å². The smallest absolute Gasteiger partial charge is 0.369 e.